The number of aromatic nitrogens is 2. The number of aromatic amines is 1. The van der Waals surface area contributed by atoms with Crippen LogP contribution in [0.4, 0.5) is 5.69 Å². The highest BCUT2D eigenvalue weighted by Gasteiger charge is 2.07. The molecule has 0 bridgehead atoms. The summed E-state index contributed by atoms with van der Waals surface area (Å²) >= 11 is 2.21. The number of halogens is 1. The summed E-state index contributed by atoms with van der Waals surface area (Å²) in [5.74, 6) is -0.117. The van der Waals surface area contributed by atoms with E-state index < -0.39 is 0 Å². The van der Waals surface area contributed by atoms with Gasteiger partial charge in [-0.1, -0.05) is 12.1 Å². The van der Waals surface area contributed by atoms with Crippen LogP contribution < -0.4 is 5.32 Å². The zero-order valence-electron chi connectivity index (χ0n) is 11.0. The van der Waals surface area contributed by atoms with Crippen molar-refractivity contribution in [2.45, 2.75) is 0 Å². The third-order valence-electron chi connectivity index (χ3n) is 3.04. The summed E-state index contributed by atoms with van der Waals surface area (Å²) in [6, 6.07) is 17.0. The number of amides is 1. The molecule has 0 fully saturated rings. The van der Waals surface area contributed by atoms with E-state index in [4.69, 9.17) is 0 Å². The van der Waals surface area contributed by atoms with E-state index in [0.29, 0.717) is 5.56 Å². The van der Waals surface area contributed by atoms with Crippen molar-refractivity contribution in [2.75, 3.05) is 5.32 Å². The van der Waals surface area contributed by atoms with Crippen molar-refractivity contribution in [3.05, 3.63) is 69.9 Å². The predicted octanol–water partition coefficient (Wildman–Crippen LogP) is 3.93. The van der Waals surface area contributed by atoms with Gasteiger partial charge in [0, 0.05) is 26.6 Å². The van der Waals surface area contributed by atoms with Gasteiger partial charge in [0.25, 0.3) is 5.91 Å². The number of hydrogen-bond donors (Lipinski definition) is 2. The average molecular weight is 389 g/mol. The molecule has 0 unspecified atom stereocenters. The van der Waals surface area contributed by atoms with E-state index in [9.17, 15) is 4.79 Å². The lowest BCUT2D eigenvalue weighted by Crippen LogP contribution is -2.11. The zero-order valence-corrected chi connectivity index (χ0v) is 13.2. The molecule has 0 aliphatic rings. The van der Waals surface area contributed by atoms with Crippen molar-refractivity contribution in [3.63, 3.8) is 0 Å². The molecule has 21 heavy (non-hydrogen) atoms. The van der Waals surface area contributed by atoms with Gasteiger partial charge in [0.05, 0.1) is 5.69 Å². The van der Waals surface area contributed by atoms with Gasteiger partial charge >= 0.3 is 0 Å². The Balaban J connectivity index is 1.80. The molecular formula is C16H12IN3O. The lowest BCUT2D eigenvalue weighted by molar-refractivity contribution is 0.102. The highest BCUT2D eigenvalue weighted by Crippen LogP contribution is 2.20. The number of hydrogen-bond acceptors (Lipinski definition) is 2. The largest absolute Gasteiger partial charge is 0.322 e. The molecule has 104 valence electrons. The topological polar surface area (TPSA) is 57.8 Å². The quantitative estimate of drug-likeness (QED) is 0.667. The lowest BCUT2D eigenvalue weighted by atomic mass is 10.1. The van der Waals surface area contributed by atoms with Crippen LogP contribution in [0.15, 0.2) is 60.8 Å². The SMILES string of the molecule is O=C(Nc1cccc(-c2ccn[nH]2)c1)c1ccc(I)cc1. The molecule has 3 aromatic rings. The van der Waals surface area contributed by atoms with Crippen LogP contribution in [0.1, 0.15) is 10.4 Å². The van der Waals surface area contributed by atoms with Crippen LogP contribution in [0.5, 0.6) is 0 Å². The second-order valence-electron chi connectivity index (χ2n) is 4.51. The molecule has 0 aliphatic heterocycles. The van der Waals surface area contributed by atoms with Crippen molar-refractivity contribution >= 4 is 34.2 Å². The third kappa shape index (κ3) is 3.30. The summed E-state index contributed by atoms with van der Waals surface area (Å²) in [7, 11) is 0. The fourth-order valence-electron chi connectivity index (χ4n) is 1.99. The van der Waals surface area contributed by atoms with Crippen LogP contribution >= 0.6 is 22.6 Å². The van der Waals surface area contributed by atoms with Crippen molar-refractivity contribution < 1.29 is 4.79 Å². The number of benzene rings is 2. The molecule has 2 N–H and O–H groups in total. The van der Waals surface area contributed by atoms with Gasteiger partial charge in [-0.05, 0) is 65.1 Å². The summed E-state index contributed by atoms with van der Waals surface area (Å²) in [4.78, 5) is 12.2. The Hall–Kier alpha value is -2.15. The molecule has 0 aliphatic carbocycles. The normalized spacial score (nSPS) is 10.3. The highest BCUT2D eigenvalue weighted by molar-refractivity contribution is 14.1. The first-order valence-electron chi connectivity index (χ1n) is 6.39. The van der Waals surface area contributed by atoms with E-state index in [0.717, 1.165) is 20.5 Å². The summed E-state index contributed by atoms with van der Waals surface area (Å²) < 4.78 is 1.10. The molecule has 1 heterocycles. The zero-order chi connectivity index (χ0) is 14.7. The van der Waals surface area contributed by atoms with Crippen molar-refractivity contribution in [1.82, 2.24) is 10.2 Å². The van der Waals surface area contributed by atoms with Crippen LogP contribution in [0.2, 0.25) is 0 Å². The highest BCUT2D eigenvalue weighted by atomic mass is 127. The van der Waals surface area contributed by atoms with E-state index in [-0.39, 0.29) is 5.91 Å². The molecule has 2 aromatic carbocycles. The van der Waals surface area contributed by atoms with E-state index in [1.165, 1.54) is 0 Å². The Morgan fingerprint density at radius 2 is 1.90 bits per heavy atom. The number of carbonyl (C=O) groups is 1. The van der Waals surface area contributed by atoms with E-state index in [1.807, 2.05) is 54.6 Å². The van der Waals surface area contributed by atoms with Crippen molar-refractivity contribution in [1.29, 1.82) is 0 Å². The van der Waals surface area contributed by atoms with Crippen LogP contribution in [-0.4, -0.2) is 16.1 Å². The van der Waals surface area contributed by atoms with Gasteiger partial charge < -0.3 is 5.32 Å². The van der Waals surface area contributed by atoms with Crippen LogP contribution in [-0.2, 0) is 0 Å². The van der Waals surface area contributed by atoms with Crippen molar-refractivity contribution in [3.8, 4) is 11.3 Å². The van der Waals surface area contributed by atoms with Crippen LogP contribution in [0.25, 0.3) is 11.3 Å². The Kier molecular flexibility index (Phi) is 4.01. The first-order valence-corrected chi connectivity index (χ1v) is 7.47. The maximum Gasteiger partial charge on any atom is 0.255 e. The van der Waals surface area contributed by atoms with Gasteiger partial charge in [-0.25, -0.2) is 0 Å². The molecule has 0 saturated heterocycles. The second kappa shape index (κ2) is 6.09. The number of nitrogens with one attached hydrogen (secondary N) is 2. The second-order valence-corrected chi connectivity index (χ2v) is 5.76. The monoisotopic (exact) mass is 389 g/mol. The Bertz CT molecular complexity index is 751. The molecule has 1 aromatic heterocycles. The van der Waals surface area contributed by atoms with Gasteiger partial charge in [-0.2, -0.15) is 5.10 Å². The maximum absolute atomic E-state index is 12.2. The standard InChI is InChI=1S/C16H12IN3O/c17-13-6-4-11(5-7-13)16(21)19-14-3-1-2-12(10-14)15-8-9-18-20-15/h1-10H,(H,18,20)(H,19,21). The average Bonchev–Trinajstić information content (AvgIpc) is 3.02. The van der Waals surface area contributed by atoms with Crippen molar-refractivity contribution in [2.24, 2.45) is 0 Å². The molecule has 1 amide bonds. The minimum absolute atomic E-state index is 0.117. The van der Waals surface area contributed by atoms with Gasteiger partial charge in [0.1, 0.15) is 0 Å². The van der Waals surface area contributed by atoms with E-state index >= 15 is 0 Å². The molecule has 5 heteroatoms. The molecule has 0 spiro atoms. The lowest BCUT2D eigenvalue weighted by Gasteiger charge is -2.07. The Morgan fingerprint density at radius 1 is 1.10 bits per heavy atom. The minimum Gasteiger partial charge on any atom is -0.322 e. The first-order chi connectivity index (χ1) is 10.2. The van der Waals surface area contributed by atoms with E-state index in [1.54, 1.807) is 6.20 Å². The molecule has 3 rings (SSSR count). The molecule has 0 saturated carbocycles. The summed E-state index contributed by atoms with van der Waals surface area (Å²) in [5, 5.41) is 9.74. The third-order valence-corrected chi connectivity index (χ3v) is 3.76. The fraction of sp³-hybridized carbons (Fsp3) is 0. The predicted molar refractivity (Wildman–Crippen MR) is 91.1 cm³/mol. The Morgan fingerprint density at radius 3 is 2.62 bits per heavy atom. The number of rotatable bonds is 3. The molecular weight excluding hydrogens is 377 g/mol. The number of H-pyrrole nitrogens is 1. The molecule has 0 radical (unpaired) electrons. The minimum atomic E-state index is -0.117. The van der Waals surface area contributed by atoms with Gasteiger partial charge in [-0.3, -0.25) is 9.89 Å². The molecule has 4 nitrogen and oxygen atoms in total. The summed E-state index contributed by atoms with van der Waals surface area (Å²) in [5.41, 5.74) is 3.29. The van der Waals surface area contributed by atoms with Crippen LogP contribution in [0, 0.1) is 3.57 Å². The van der Waals surface area contributed by atoms with E-state index in [2.05, 4.69) is 38.1 Å². The summed E-state index contributed by atoms with van der Waals surface area (Å²) in [6.45, 7) is 0. The van der Waals surface area contributed by atoms with Gasteiger partial charge in [-0.15, -0.1) is 0 Å². The van der Waals surface area contributed by atoms with Crippen LogP contribution in [0.3, 0.4) is 0 Å². The number of nitrogens with zero attached hydrogens (tertiary/aromatic N) is 1. The molecule has 0 atom stereocenters. The van der Waals surface area contributed by atoms with Gasteiger partial charge in [0.15, 0.2) is 0 Å². The summed E-state index contributed by atoms with van der Waals surface area (Å²) in [6.07, 6.45) is 1.70. The Labute approximate surface area is 135 Å². The number of carbonyl (C=O) groups excluding carboxylic acids is 1. The first kappa shape index (κ1) is 13.8. The fourth-order valence-corrected chi connectivity index (χ4v) is 2.35. The number of anilines is 1. The maximum atomic E-state index is 12.2. The smallest absolute Gasteiger partial charge is 0.255 e. The van der Waals surface area contributed by atoms with Gasteiger partial charge in [0.2, 0.25) is 0 Å².